The van der Waals surface area contributed by atoms with Crippen molar-refractivity contribution in [3.05, 3.63) is 46.2 Å². The standard InChI is InChI=1S/C19H21N3O2S/c1-11-4-3-5-14-12(2)17(24-16(11)14)18(23)22-19-21-10-15(25-19)13-6-8-20-9-7-13/h3-5,10,13,20H,6-9H2,1-2H3,(H,21,22,23). The van der Waals surface area contributed by atoms with Crippen LogP contribution in [0.5, 0.6) is 0 Å². The number of aromatic nitrogens is 1. The van der Waals surface area contributed by atoms with Gasteiger partial charge in [-0.1, -0.05) is 18.2 Å². The molecule has 1 aromatic carbocycles. The quantitative estimate of drug-likeness (QED) is 0.738. The van der Waals surface area contributed by atoms with Crippen molar-refractivity contribution < 1.29 is 9.21 Å². The first-order chi connectivity index (χ1) is 12.1. The number of fused-ring (bicyclic) bond motifs is 1. The molecule has 0 aliphatic carbocycles. The maximum absolute atomic E-state index is 12.7. The van der Waals surface area contributed by atoms with Gasteiger partial charge in [-0.05, 0) is 51.3 Å². The fourth-order valence-electron chi connectivity index (χ4n) is 3.39. The number of para-hydroxylation sites is 1. The van der Waals surface area contributed by atoms with Crippen molar-refractivity contribution >= 4 is 33.3 Å². The van der Waals surface area contributed by atoms with Gasteiger partial charge in [-0.3, -0.25) is 10.1 Å². The van der Waals surface area contributed by atoms with Crippen LogP contribution < -0.4 is 10.6 Å². The van der Waals surface area contributed by atoms with E-state index in [0.717, 1.165) is 48.0 Å². The minimum absolute atomic E-state index is 0.237. The summed E-state index contributed by atoms with van der Waals surface area (Å²) in [7, 11) is 0. The monoisotopic (exact) mass is 355 g/mol. The van der Waals surface area contributed by atoms with Gasteiger partial charge >= 0.3 is 0 Å². The SMILES string of the molecule is Cc1c(C(=O)Nc2ncc(C3CCNCC3)s2)oc2c(C)cccc12. The Bertz CT molecular complexity index is 922. The number of thiazole rings is 1. The highest BCUT2D eigenvalue weighted by molar-refractivity contribution is 7.15. The van der Waals surface area contributed by atoms with Crippen molar-refractivity contribution in [2.24, 2.45) is 0 Å². The van der Waals surface area contributed by atoms with E-state index in [1.54, 1.807) is 11.3 Å². The van der Waals surface area contributed by atoms with Gasteiger partial charge in [0.1, 0.15) is 5.58 Å². The third-order valence-corrected chi connectivity index (χ3v) is 5.93. The molecule has 2 aromatic heterocycles. The minimum atomic E-state index is -0.237. The van der Waals surface area contributed by atoms with Crippen LogP contribution in [0.2, 0.25) is 0 Å². The van der Waals surface area contributed by atoms with E-state index >= 15 is 0 Å². The second-order valence-corrected chi connectivity index (χ2v) is 7.62. The molecule has 130 valence electrons. The predicted octanol–water partition coefficient (Wildman–Crippen LogP) is 4.23. The lowest BCUT2D eigenvalue weighted by Crippen LogP contribution is -2.26. The number of aryl methyl sites for hydroxylation is 2. The second-order valence-electron chi connectivity index (χ2n) is 6.55. The molecule has 0 radical (unpaired) electrons. The number of piperidine rings is 1. The molecular weight excluding hydrogens is 334 g/mol. The van der Waals surface area contributed by atoms with E-state index < -0.39 is 0 Å². The first-order valence-corrected chi connectivity index (χ1v) is 9.41. The Morgan fingerprint density at radius 3 is 2.88 bits per heavy atom. The number of benzene rings is 1. The van der Waals surface area contributed by atoms with Gasteiger partial charge in [-0.15, -0.1) is 11.3 Å². The highest BCUT2D eigenvalue weighted by Gasteiger charge is 2.21. The number of furan rings is 1. The lowest BCUT2D eigenvalue weighted by molar-refractivity contribution is 0.0998. The summed E-state index contributed by atoms with van der Waals surface area (Å²) >= 11 is 1.57. The molecular formula is C19H21N3O2S. The third-order valence-electron chi connectivity index (χ3n) is 4.85. The van der Waals surface area contributed by atoms with Crippen LogP contribution in [0.4, 0.5) is 5.13 Å². The Hall–Kier alpha value is -2.18. The summed E-state index contributed by atoms with van der Waals surface area (Å²) in [6.07, 6.45) is 4.14. The Labute approximate surface area is 150 Å². The van der Waals surface area contributed by atoms with Gasteiger partial charge < -0.3 is 9.73 Å². The van der Waals surface area contributed by atoms with Gasteiger partial charge in [-0.2, -0.15) is 0 Å². The molecule has 5 nitrogen and oxygen atoms in total. The number of anilines is 1. The highest BCUT2D eigenvalue weighted by Crippen LogP contribution is 2.33. The van der Waals surface area contributed by atoms with E-state index in [9.17, 15) is 4.79 Å². The highest BCUT2D eigenvalue weighted by atomic mass is 32.1. The summed E-state index contributed by atoms with van der Waals surface area (Å²) in [4.78, 5) is 18.3. The number of nitrogens with one attached hydrogen (secondary N) is 2. The lowest BCUT2D eigenvalue weighted by atomic mass is 9.97. The Balaban J connectivity index is 1.55. The Morgan fingerprint density at radius 2 is 2.12 bits per heavy atom. The zero-order chi connectivity index (χ0) is 17.4. The maximum atomic E-state index is 12.7. The molecule has 0 bridgehead atoms. The van der Waals surface area contributed by atoms with Gasteiger partial charge in [0.25, 0.3) is 5.91 Å². The number of rotatable bonds is 3. The van der Waals surface area contributed by atoms with Crippen molar-refractivity contribution in [2.45, 2.75) is 32.6 Å². The number of carbonyl (C=O) groups is 1. The molecule has 1 fully saturated rings. The Kier molecular flexibility index (Phi) is 4.31. The number of carbonyl (C=O) groups excluding carboxylic acids is 1. The van der Waals surface area contributed by atoms with Crippen LogP contribution in [0.1, 0.15) is 45.3 Å². The van der Waals surface area contributed by atoms with Crippen LogP contribution in [-0.4, -0.2) is 24.0 Å². The molecule has 3 aromatic rings. The van der Waals surface area contributed by atoms with E-state index in [1.807, 2.05) is 38.2 Å². The molecule has 0 spiro atoms. The largest absolute Gasteiger partial charge is 0.450 e. The number of nitrogens with zero attached hydrogens (tertiary/aromatic N) is 1. The molecule has 1 amide bonds. The fourth-order valence-corrected chi connectivity index (χ4v) is 4.37. The molecule has 4 rings (SSSR count). The van der Waals surface area contributed by atoms with Crippen LogP contribution in [-0.2, 0) is 0 Å². The molecule has 0 saturated carbocycles. The molecule has 6 heteroatoms. The molecule has 3 heterocycles. The summed E-state index contributed by atoms with van der Waals surface area (Å²) in [5.41, 5.74) is 2.67. The van der Waals surface area contributed by atoms with Crippen LogP contribution in [0.15, 0.2) is 28.8 Å². The van der Waals surface area contributed by atoms with Gasteiger partial charge in [0.05, 0.1) is 0 Å². The van der Waals surface area contributed by atoms with Gasteiger partial charge in [0, 0.05) is 22.0 Å². The third kappa shape index (κ3) is 3.07. The van der Waals surface area contributed by atoms with Crippen molar-refractivity contribution in [3.63, 3.8) is 0 Å². The normalized spacial score (nSPS) is 15.6. The first-order valence-electron chi connectivity index (χ1n) is 8.60. The van der Waals surface area contributed by atoms with Crippen molar-refractivity contribution in [3.8, 4) is 0 Å². The van der Waals surface area contributed by atoms with Gasteiger partial charge in [-0.25, -0.2) is 4.98 Å². The molecule has 2 N–H and O–H groups in total. The Morgan fingerprint density at radius 1 is 1.32 bits per heavy atom. The summed E-state index contributed by atoms with van der Waals surface area (Å²) in [5.74, 6) is 0.669. The van der Waals surface area contributed by atoms with E-state index in [2.05, 4.69) is 15.6 Å². The van der Waals surface area contributed by atoms with Crippen molar-refractivity contribution in [1.29, 1.82) is 0 Å². The zero-order valence-electron chi connectivity index (χ0n) is 14.4. The number of amides is 1. The second kappa shape index (κ2) is 6.61. The number of hydrogen-bond donors (Lipinski definition) is 2. The summed E-state index contributed by atoms with van der Waals surface area (Å²) in [6.45, 7) is 5.99. The molecule has 25 heavy (non-hydrogen) atoms. The number of hydrogen-bond acceptors (Lipinski definition) is 5. The molecule has 1 aliphatic rings. The smallest absolute Gasteiger partial charge is 0.293 e. The summed E-state index contributed by atoms with van der Waals surface area (Å²) < 4.78 is 5.84. The predicted molar refractivity (Wildman–Crippen MR) is 101 cm³/mol. The van der Waals surface area contributed by atoms with E-state index in [4.69, 9.17) is 4.42 Å². The topological polar surface area (TPSA) is 67.2 Å². The molecule has 0 unspecified atom stereocenters. The molecule has 0 atom stereocenters. The van der Waals surface area contributed by atoms with Crippen LogP contribution >= 0.6 is 11.3 Å². The molecule has 1 saturated heterocycles. The average Bonchev–Trinajstić information content (AvgIpc) is 3.22. The summed E-state index contributed by atoms with van der Waals surface area (Å²) in [6, 6.07) is 5.95. The average molecular weight is 355 g/mol. The van der Waals surface area contributed by atoms with E-state index in [1.165, 1.54) is 4.88 Å². The van der Waals surface area contributed by atoms with Gasteiger partial charge in [0.2, 0.25) is 0 Å². The van der Waals surface area contributed by atoms with Crippen molar-refractivity contribution in [2.75, 3.05) is 18.4 Å². The summed E-state index contributed by atoms with van der Waals surface area (Å²) in [5, 5.41) is 7.89. The van der Waals surface area contributed by atoms with Crippen LogP contribution in [0.25, 0.3) is 11.0 Å². The minimum Gasteiger partial charge on any atom is -0.450 e. The van der Waals surface area contributed by atoms with Crippen LogP contribution in [0, 0.1) is 13.8 Å². The molecule has 1 aliphatic heterocycles. The van der Waals surface area contributed by atoms with E-state index in [-0.39, 0.29) is 5.91 Å². The zero-order valence-corrected chi connectivity index (χ0v) is 15.2. The lowest BCUT2D eigenvalue weighted by Gasteiger charge is -2.20. The van der Waals surface area contributed by atoms with Gasteiger partial charge in [0.15, 0.2) is 10.9 Å². The maximum Gasteiger partial charge on any atom is 0.293 e. The first kappa shape index (κ1) is 16.3. The fraction of sp³-hybridized carbons (Fsp3) is 0.368. The van der Waals surface area contributed by atoms with E-state index in [0.29, 0.717) is 16.8 Å². The van der Waals surface area contributed by atoms with Crippen LogP contribution in [0.3, 0.4) is 0 Å². The van der Waals surface area contributed by atoms with Crippen molar-refractivity contribution in [1.82, 2.24) is 10.3 Å².